The summed E-state index contributed by atoms with van der Waals surface area (Å²) >= 11 is 0. The molecule has 1 nitrogen and oxygen atoms in total. The van der Waals surface area contributed by atoms with Gasteiger partial charge in [-0.1, -0.05) is 18.2 Å². The predicted molar refractivity (Wildman–Crippen MR) is 53.3 cm³/mol. The number of aromatic hydroxyl groups is 1. The van der Waals surface area contributed by atoms with E-state index in [1.807, 2.05) is 0 Å². The van der Waals surface area contributed by atoms with Crippen LogP contribution in [-0.2, 0) is 0 Å². The molecule has 2 aromatic carbocycles. The molecule has 0 amide bonds. The lowest BCUT2D eigenvalue weighted by Gasteiger charge is -2.09. The summed E-state index contributed by atoms with van der Waals surface area (Å²) in [6.07, 6.45) is 0. The molecule has 0 radical (unpaired) electrons. The Kier molecular flexibility index (Phi) is 2.94. The van der Waals surface area contributed by atoms with Gasteiger partial charge in [-0.3, -0.25) is 0 Å². The van der Waals surface area contributed by atoms with Gasteiger partial charge in [-0.2, -0.15) is 8.78 Å². The van der Waals surface area contributed by atoms with Crippen molar-refractivity contribution in [1.82, 2.24) is 0 Å². The molecule has 0 unspecified atom stereocenters. The fourth-order valence-electron chi connectivity index (χ4n) is 1.52. The molecule has 0 fully saturated rings. The number of halogens is 5. The van der Waals surface area contributed by atoms with E-state index in [1.165, 1.54) is 12.1 Å². The van der Waals surface area contributed by atoms with Gasteiger partial charge >= 0.3 is 0 Å². The van der Waals surface area contributed by atoms with Crippen LogP contribution in [0.15, 0.2) is 24.3 Å². The van der Waals surface area contributed by atoms with Crippen LogP contribution in [0.2, 0.25) is 0 Å². The number of phenolic OH excluding ortho intramolecular Hbond substituents is 1. The van der Waals surface area contributed by atoms with Gasteiger partial charge in [0.25, 0.3) is 0 Å². The molecule has 1 N–H and O–H groups in total. The molecular formula is C12H5F5O. The second kappa shape index (κ2) is 4.29. The molecule has 0 spiro atoms. The van der Waals surface area contributed by atoms with Gasteiger partial charge in [-0.05, 0) is 6.07 Å². The minimum Gasteiger partial charge on any atom is -0.503 e. The van der Waals surface area contributed by atoms with Crippen molar-refractivity contribution in [2.24, 2.45) is 0 Å². The zero-order chi connectivity index (χ0) is 13.4. The lowest BCUT2D eigenvalue weighted by molar-refractivity contribution is 0.358. The summed E-state index contributed by atoms with van der Waals surface area (Å²) in [5.41, 5.74) is -1.83. The summed E-state index contributed by atoms with van der Waals surface area (Å²) < 4.78 is 66.5. The molecule has 0 saturated heterocycles. The Balaban J connectivity index is 2.85. The molecule has 2 aromatic rings. The molecule has 0 aliphatic carbocycles. The Morgan fingerprint density at radius 1 is 0.722 bits per heavy atom. The minimum atomic E-state index is -1.97. The van der Waals surface area contributed by atoms with E-state index in [0.29, 0.717) is 0 Å². The Morgan fingerprint density at radius 3 is 1.72 bits per heavy atom. The third kappa shape index (κ3) is 1.70. The smallest absolute Gasteiger partial charge is 0.204 e. The third-order valence-electron chi connectivity index (χ3n) is 2.38. The summed E-state index contributed by atoms with van der Waals surface area (Å²) in [6.45, 7) is 0. The number of hydrogen-bond donors (Lipinski definition) is 1. The average Bonchev–Trinajstić information content (AvgIpc) is 2.36. The molecule has 0 heterocycles. The molecule has 0 bridgehead atoms. The van der Waals surface area contributed by atoms with Crippen molar-refractivity contribution in [2.75, 3.05) is 0 Å². The Hall–Kier alpha value is -2.11. The van der Waals surface area contributed by atoms with E-state index >= 15 is 0 Å². The fourth-order valence-corrected chi connectivity index (χ4v) is 1.52. The molecule has 18 heavy (non-hydrogen) atoms. The molecular weight excluding hydrogens is 255 g/mol. The first-order valence-electron chi connectivity index (χ1n) is 4.75. The molecule has 0 aliphatic heterocycles. The SMILES string of the molecule is Oc1c(F)c(F)c(-c2ccccc2F)c(F)c1F. The van der Waals surface area contributed by atoms with Crippen LogP contribution in [0.1, 0.15) is 0 Å². The molecule has 2 rings (SSSR count). The van der Waals surface area contributed by atoms with Gasteiger partial charge in [0, 0.05) is 5.56 Å². The highest BCUT2D eigenvalue weighted by Crippen LogP contribution is 2.35. The van der Waals surface area contributed by atoms with E-state index < -0.39 is 46.0 Å². The van der Waals surface area contributed by atoms with Crippen molar-refractivity contribution in [3.8, 4) is 16.9 Å². The van der Waals surface area contributed by atoms with Crippen LogP contribution in [0.4, 0.5) is 22.0 Å². The second-order valence-electron chi connectivity index (χ2n) is 3.46. The summed E-state index contributed by atoms with van der Waals surface area (Å²) in [4.78, 5) is 0. The minimum absolute atomic E-state index is 0.634. The first-order chi connectivity index (χ1) is 8.45. The number of hydrogen-bond acceptors (Lipinski definition) is 1. The standard InChI is InChI=1S/C12H5F5O/c13-6-4-2-1-3-5(6)7-8(14)10(16)12(18)11(17)9(7)15/h1-4,18H. The topological polar surface area (TPSA) is 20.2 Å². The Morgan fingerprint density at radius 2 is 1.22 bits per heavy atom. The predicted octanol–water partition coefficient (Wildman–Crippen LogP) is 3.75. The largest absolute Gasteiger partial charge is 0.503 e. The van der Waals surface area contributed by atoms with Gasteiger partial charge in [0.2, 0.25) is 11.6 Å². The molecule has 0 aliphatic rings. The van der Waals surface area contributed by atoms with Gasteiger partial charge in [0.1, 0.15) is 5.82 Å². The summed E-state index contributed by atoms with van der Waals surface area (Å²) in [6, 6.07) is 4.35. The maximum atomic E-state index is 13.5. The fraction of sp³-hybridized carbons (Fsp3) is 0. The first-order valence-corrected chi connectivity index (χ1v) is 4.75. The van der Waals surface area contributed by atoms with Crippen LogP contribution in [-0.4, -0.2) is 5.11 Å². The summed E-state index contributed by atoms with van der Waals surface area (Å²) in [7, 11) is 0. The van der Waals surface area contributed by atoms with Crippen molar-refractivity contribution in [3.05, 3.63) is 53.4 Å². The number of benzene rings is 2. The first kappa shape index (κ1) is 12.3. The normalized spacial score (nSPS) is 10.7. The summed E-state index contributed by atoms with van der Waals surface area (Å²) in [5.74, 6) is -10.4. The van der Waals surface area contributed by atoms with Gasteiger partial charge in [-0.25, -0.2) is 13.2 Å². The molecule has 0 saturated carbocycles. The van der Waals surface area contributed by atoms with Crippen LogP contribution >= 0.6 is 0 Å². The monoisotopic (exact) mass is 260 g/mol. The van der Waals surface area contributed by atoms with E-state index in [-0.39, 0.29) is 0 Å². The maximum absolute atomic E-state index is 13.5. The van der Waals surface area contributed by atoms with E-state index in [4.69, 9.17) is 5.11 Å². The highest BCUT2D eigenvalue weighted by atomic mass is 19.2. The van der Waals surface area contributed by atoms with Crippen molar-refractivity contribution in [3.63, 3.8) is 0 Å². The average molecular weight is 260 g/mol. The maximum Gasteiger partial charge on any atom is 0.204 e. The quantitative estimate of drug-likeness (QED) is 0.611. The highest BCUT2D eigenvalue weighted by molar-refractivity contribution is 5.67. The van der Waals surface area contributed by atoms with Gasteiger partial charge < -0.3 is 5.11 Å². The lowest BCUT2D eigenvalue weighted by atomic mass is 10.0. The van der Waals surface area contributed by atoms with Gasteiger partial charge in [-0.15, -0.1) is 0 Å². The van der Waals surface area contributed by atoms with Gasteiger partial charge in [0.15, 0.2) is 17.4 Å². The zero-order valence-corrected chi connectivity index (χ0v) is 8.65. The van der Waals surface area contributed by atoms with Crippen molar-refractivity contribution >= 4 is 0 Å². The van der Waals surface area contributed by atoms with E-state index in [0.717, 1.165) is 12.1 Å². The second-order valence-corrected chi connectivity index (χ2v) is 3.46. The van der Waals surface area contributed by atoms with Crippen molar-refractivity contribution in [2.45, 2.75) is 0 Å². The molecule has 0 aromatic heterocycles. The molecule has 0 atom stereocenters. The third-order valence-corrected chi connectivity index (χ3v) is 2.38. The van der Waals surface area contributed by atoms with Crippen LogP contribution in [0, 0.1) is 29.1 Å². The van der Waals surface area contributed by atoms with Crippen LogP contribution in [0.25, 0.3) is 11.1 Å². The Bertz CT molecular complexity index is 595. The molecule has 6 heteroatoms. The van der Waals surface area contributed by atoms with Crippen LogP contribution < -0.4 is 0 Å². The van der Waals surface area contributed by atoms with E-state index in [1.54, 1.807) is 0 Å². The molecule has 94 valence electrons. The highest BCUT2D eigenvalue weighted by Gasteiger charge is 2.27. The van der Waals surface area contributed by atoms with Crippen molar-refractivity contribution in [1.29, 1.82) is 0 Å². The Labute approximate surface area is 98.1 Å². The number of rotatable bonds is 1. The van der Waals surface area contributed by atoms with Crippen LogP contribution in [0.3, 0.4) is 0 Å². The summed E-state index contributed by atoms with van der Waals surface area (Å²) in [5, 5.41) is 8.78. The van der Waals surface area contributed by atoms with Crippen LogP contribution in [0.5, 0.6) is 5.75 Å². The lowest BCUT2D eigenvalue weighted by Crippen LogP contribution is -2.01. The van der Waals surface area contributed by atoms with E-state index in [2.05, 4.69) is 0 Å². The van der Waals surface area contributed by atoms with E-state index in [9.17, 15) is 22.0 Å². The van der Waals surface area contributed by atoms with Crippen molar-refractivity contribution < 1.29 is 27.1 Å². The zero-order valence-electron chi connectivity index (χ0n) is 8.65. The van der Waals surface area contributed by atoms with Gasteiger partial charge in [0.05, 0.1) is 5.56 Å². The number of phenols is 1.